The Morgan fingerprint density at radius 3 is 2.73 bits per heavy atom. The van der Waals surface area contributed by atoms with Crippen LogP contribution in [0.4, 0.5) is 5.82 Å². The van der Waals surface area contributed by atoms with Crippen molar-refractivity contribution in [2.75, 3.05) is 17.6 Å². The molecule has 4 rings (SSSR count). The summed E-state index contributed by atoms with van der Waals surface area (Å²) in [5, 5.41) is 15.5. The standard InChI is InChI=1S/C20H22N4OS/c1-2-26-17-7-10-20(17,25)13-22-19-15-5-3-4-6-16(15)23-18(24-19)14-8-11-21-12-9-14/h3-6,8-9,11-12,17,25H,2,7,10,13H2,1H3,(H,22,23,24). The minimum Gasteiger partial charge on any atom is -0.387 e. The molecular formula is C20H22N4OS. The first-order chi connectivity index (χ1) is 12.7. The van der Waals surface area contributed by atoms with E-state index in [0.29, 0.717) is 17.6 Å². The van der Waals surface area contributed by atoms with Gasteiger partial charge in [-0.1, -0.05) is 19.1 Å². The van der Waals surface area contributed by atoms with Crippen LogP contribution in [0.5, 0.6) is 0 Å². The van der Waals surface area contributed by atoms with E-state index in [9.17, 15) is 5.11 Å². The smallest absolute Gasteiger partial charge is 0.162 e. The van der Waals surface area contributed by atoms with Crippen LogP contribution in [-0.4, -0.2) is 43.2 Å². The van der Waals surface area contributed by atoms with Gasteiger partial charge in [-0.05, 0) is 42.9 Å². The van der Waals surface area contributed by atoms with Crippen molar-refractivity contribution in [3.8, 4) is 11.4 Å². The van der Waals surface area contributed by atoms with Gasteiger partial charge in [0.05, 0.1) is 11.1 Å². The quantitative estimate of drug-likeness (QED) is 0.692. The van der Waals surface area contributed by atoms with Crippen molar-refractivity contribution in [2.24, 2.45) is 0 Å². The van der Waals surface area contributed by atoms with Crippen LogP contribution in [-0.2, 0) is 0 Å². The Labute approximate surface area is 157 Å². The lowest BCUT2D eigenvalue weighted by molar-refractivity contribution is -0.0120. The van der Waals surface area contributed by atoms with Crippen LogP contribution < -0.4 is 5.32 Å². The predicted molar refractivity (Wildman–Crippen MR) is 107 cm³/mol. The molecule has 0 bridgehead atoms. The number of rotatable bonds is 6. The van der Waals surface area contributed by atoms with Gasteiger partial charge in [-0.3, -0.25) is 4.98 Å². The van der Waals surface area contributed by atoms with Crippen LogP contribution in [0, 0.1) is 0 Å². The van der Waals surface area contributed by atoms with E-state index in [1.165, 1.54) is 0 Å². The topological polar surface area (TPSA) is 70.9 Å². The Balaban J connectivity index is 1.65. The summed E-state index contributed by atoms with van der Waals surface area (Å²) in [6.07, 6.45) is 5.39. The van der Waals surface area contributed by atoms with Gasteiger partial charge in [-0.2, -0.15) is 11.8 Å². The highest BCUT2D eigenvalue weighted by molar-refractivity contribution is 8.00. The molecule has 134 valence electrons. The molecule has 0 aliphatic heterocycles. The fourth-order valence-electron chi connectivity index (χ4n) is 3.32. The molecule has 2 N–H and O–H groups in total. The number of nitrogens with zero attached hydrogens (tertiary/aromatic N) is 3. The van der Waals surface area contributed by atoms with E-state index in [1.807, 2.05) is 48.2 Å². The highest BCUT2D eigenvalue weighted by atomic mass is 32.2. The lowest BCUT2D eigenvalue weighted by Crippen LogP contribution is -2.54. The first kappa shape index (κ1) is 17.2. The van der Waals surface area contributed by atoms with E-state index in [0.717, 1.165) is 40.9 Å². The second-order valence-electron chi connectivity index (χ2n) is 6.59. The van der Waals surface area contributed by atoms with Gasteiger partial charge in [0.25, 0.3) is 0 Å². The maximum atomic E-state index is 10.9. The molecule has 6 heteroatoms. The average Bonchev–Trinajstić information content (AvgIpc) is 2.69. The minimum absolute atomic E-state index is 0.299. The second kappa shape index (κ2) is 7.21. The van der Waals surface area contributed by atoms with Crippen molar-refractivity contribution >= 4 is 28.5 Å². The molecule has 0 radical (unpaired) electrons. The molecule has 1 aliphatic rings. The van der Waals surface area contributed by atoms with Gasteiger partial charge in [0.2, 0.25) is 0 Å². The molecule has 1 aliphatic carbocycles. The van der Waals surface area contributed by atoms with Gasteiger partial charge < -0.3 is 10.4 Å². The Kier molecular flexibility index (Phi) is 4.78. The molecule has 1 fully saturated rings. The zero-order valence-electron chi connectivity index (χ0n) is 14.7. The third kappa shape index (κ3) is 3.27. The maximum absolute atomic E-state index is 10.9. The number of benzene rings is 1. The molecule has 2 aromatic heterocycles. The number of aliphatic hydroxyl groups is 1. The predicted octanol–water partition coefficient (Wildman–Crippen LogP) is 3.75. The minimum atomic E-state index is -0.663. The number of anilines is 1. The third-order valence-electron chi connectivity index (χ3n) is 4.91. The summed E-state index contributed by atoms with van der Waals surface area (Å²) in [5.74, 6) is 2.45. The first-order valence-electron chi connectivity index (χ1n) is 8.94. The van der Waals surface area contributed by atoms with Gasteiger partial charge in [-0.25, -0.2) is 9.97 Å². The number of hydrogen-bond acceptors (Lipinski definition) is 6. The Bertz CT molecular complexity index is 905. The third-order valence-corrected chi connectivity index (χ3v) is 6.32. The Hall–Kier alpha value is -2.18. The summed E-state index contributed by atoms with van der Waals surface area (Å²) in [7, 11) is 0. The molecule has 26 heavy (non-hydrogen) atoms. The van der Waals surface area contributed by atoms with Gasteiger partial charge in [0, 0.05) is 35.1 Å². The van der Waals surface area contributed by atoms with E-state index >= 15 is 0 Å². The van der Waals surface area contributed by atoms with E-state index in [1.54, 1.807) is 12.4 Å². The fourth-order valence-corrected chi connectivity index (χ4v) is 4.51. The van der Waals surface area contributed by atoms with Crippen molar-refractivity contribution in [1.29, 1.82) is 0 Å². The number of aromatic nitrogens is 3. The first-order valence-corrected chi connectivity index (χ1v) is 9.99. The molecule has 0 saturated heterocycles. The lowest BCUT2D eigenvalue weighted by atomic mass is 9.79. The average molecular weight is 366 g/mol. The van der Waals surface area contributed by atoms with E-state index in [2.05, 4.69) is 22.2 Å². The molecule has 1 aromatic carbocycles. The molecule has 5 nitrogen and oxygen atoms in total. The summed E-state index contributed by atoms with van der Waals surface area (Å²) < 4.78 is 0. The molecule has 2 heterocycles. The fraction of sp³-hybridized carbons (Fsp3) is 0.350. The monoisotopic (exact) mass is 366 g/mol. The molecule has 0 amide bonds. The molecule has 0 spiro atoms. The van der Waals surface area contributed by atoms with Crippen LogP contribution in [0.1, 0.15) is 19.8 Å². The summed E-state index contributed by atoms with van der Waals surface area (Å²) >= 11 is 1.83. The van der Waals surface area contributed by atoms with Crippen molar-refractivity contribution in [3.05, 3.63) is 48.8 Å². The Morgan fingerprint density at radius 2 is 2.00 bits per heavy atom. The molecule has 3 aromatic rings. The van der Waals surface area contributed by atoms with E-state index in [4.69, 9.17) is 4.98 Å². The van der Waals surface area contributed by atoms with Crippen molar-refractivity contribution < 1.29 is 5.11 Å². The van der Waals surface area contributed by atoms with Gasteiger partial charge in [0.1, 0.15) is 5.82 Å². The molecular weight excluding hydrogens is 344 g/mol. The largest absolute Gasteiger partial charge is 0.387 e. The maximum Gasteiger partial charge on any atom is 0.162 e. The number of nitrogens with one attached hydrogen (secondary N) is 1. The van der Waals surface area contributed by atoms with E-state index in [-0.39, 0.29) is 0 Å². The van der Waals surface area contributed by atoms with Crippen LogP contribution in [0.3, 0.4) is 0 Å². The number of hydrogen-bond donors (Lipinski definition) is 2. The van der Waals surface area contributed by atoms with Crippen LogP contribution in [0.25, 0.3) is 22.3 Å². The molecule has 2 unspecified atom stereocenters. The van der Waals surface area contributed by atoms with Crippen LogP contribution in [0.15, 0.2) is 48.8 Å². The number of fused-ring (bicyclic) bond motifs is 1. The zero-order chi connectivity index (χ0) is 18.0. The molecule has 2 atom stereocenters. The second-order valence-corrected chi connectivity index (χ2v) is 8.07. The van der Waals surface area contributed by atoms with Crippen molar-refractivity contribution in [2.45, 2.75) is 30.6 Å². The zero-order valence-corrected chi connectivity index (χ0v) is 15.5. The summed E-state index contributed by atoms with van der Waals surface area (Å²) in [4.78, 5) is 13.5. The molecule has 1 saturated carbocycles. The van der Waals surface area contributed by atoms with Crippen molar-refractivity contribution in [3.63, 3.8) is 0 Å². The number of pyridine rings is 1. The normalized spacial score (nSPS) is 22.2. The van der Waals surface area contributed by atoms with E-state index < -0.39 is 5.60 Å². The summed E-state index contributed by atoms with van der Waals surface area (Å²) in [6.45, 7) is 2.64. The summed E-state index contributed by atoms with van der Waals surface area (Å²) in [6, 6.07) is 11.8. The van der Waals surface area contributed by atoms with Crippen LogP contribution in [0.2, 0.25) is 0 Å². The van der Waals surface area contributed by atoms with Crippen LogP contribution >= 0.6 is 11.8 Å². The number of para-hydroxylation sites is 1. The van der Waals surface area contributed by atoms with Gasteiger partial charge in [0.15, 0.2) is 5.82 Å². The SMILES string of the molecule is CCSC1CCC1(O)CNc1nc(-c2ccncc2)nc2ccccc12. The highest BCUT2D eigenvalue weighted by Gasteiger charge is 2.45. The van der Waals surface area contributed by atoms with Gasteiger partial charge >= 0.3 is 0 Å². The highest BCUT2D eigenvalue weighted by Crippen LogP contribution is 2.41. The van der Waals surface area contributed by atoms with Crippen molar-refractivity contribution in [1.82, 2.24) is 15.0 Å². The summed E-state index contributed by atoms with van der Waals surface area (Å²) in [5.41, 5.74) is 1.15. The Morgan fingerprint density at radius 1 is 1.19 bits per heavy atom. The number of thioether (sulfide) groups is 1. The van der Waals surface area contributed by atoms with Gasteiger partial charge in [-0.15, -0.1) is 0 Å². The lowest BCUT2D eigenvalue weighted by Gasteiger charge is -2.45.